The van der Waals surface area contributed by atoms with Crippen LogP contribution >= 0.6 is 0 Å². The molecular formula is C72H56N4O2Pt-2. The predicted molar refractivity (Wildman–Crippen MR) is 316 cm³/mol. The molecule has 0 atom stereocenters. The van der Waals surface area contributed by atoms with Gasteiger partial charge in [0.25, 0.3) is 6.33 Å². The second-order valence-corrected chi connectivity index (χ2v) is 22.0. The Bertz CT molecular complexity index is 4240. The Labute approximate surface area is 476 Å². The first-order valence-corrected chi connectivity index (χ1v) is 26.6. The van der Waals surface area contributed by atoms with E-state index in [2.05, 4.69) is 263 Å². The Morgan fingerprint density at radius 1 is 0.506 bits per heavy atom. The molecule has 0 fully saturated rings. The zero-order valence-electron chi connectivity index (χ0n) is 44.9. The Morgan fingerprint density at radius 2 is 1.04 bits per heavy atom. The third-order valence-corrected chi connectivity index (χ3v) is 14.9. The normalized spacial score (nSPS) is 11.8. The number of hydrogen-bond acceptors (Lipinski definition) is 3. The molecule has 7 heteroatoms. The van der Waals surface area contributed by atoms with Gasteiger partial charge in [0.2, 0.25) is 5.71 Å². The minimum Gasteiger partial charge on any atom is -0.503 e. The number of oxazole rings is 1. The fourth-order valence-corrected chi connectivity index (χ4v) is 10.9. The van der Waals surface area contributed by atoms with E-state index in [4.69, 9.17) is 14.1 Å². The molecule has 13 aromatic rings. The summed E-state index contributed by atoms with van der Waals surface area (Å²) in [6, 6.07) is 84.1. The van der Waals surface area contributed by atoms with E-state index in [1.165, 1.54) is 11.1 Å². The van der Waals surface area contributed by atoms with E-state index < -0.39 is 0 Å². The van der Waals surface area contributed by atoms with Gasteiger partial charge >= 0.3 is 0 Å². The Kier molecular flexibility index (Phi) is 13.2. The van der Waals surface area contributed by atoms with Gasteiger partial charge in [-0.3, -0.25) is 8.97 Å². The third-order valence-electron chi connectivity index (χ3n) is 14.9. The number of nitrogens with zero attached hydrogens (tertiary/aromatic N) is 4. The van der Waals surface area contributed by atoms with Gasteiger partial charge in [0.05, 0.1) is 17.6 Å². The summed E-state index contributed by atoms with van der Waals surface area (Å²) in [4.78, 5) is 4.95. The van der Waals surface area contributed by atoms with E-state index in [1.54, 1.807) is 0 Å². The molecule has 0 aliphatic carbocycles. The van der Waals surface area contributed by atoms with Crippen LogP contribution < -0.4 is 9.30 Å². The Morgan fingerprint density at radius 3 is 1.62 bits per heavy atom. The molecule has 0 radical (unpaired) electrons. The van der Waals surface area contributed by atoms with Crippen molar-refractivity contribution >= 4 is 27.5 Å². The molecule has 79 heavy (non-hydrogen) atoms. The summed E-state index contributed by atoms with van der Waals surface area (Å²) in [7, 11) is 0. The van der Waals surface area contributed by atoms with Crippen LogP contribution in [0.15, 0.2) is 235 Å². The largest absolute Gasteiger partial charge is 0.503 e. The van der Waals surface area contributed by atoms with Gasteiger partial charge in [-0.05, 0) is 90.0 Å². The van der Waals surface area contributed by atoms with Gasteiger partial charge in [0, 0.05) is 49.8 Å². The molecule has 0 N–H and O–H groups in total. The van der Waals surface area contributed by atoms with Gasteiger partial charge in [-0.2, -0.15) is 6.07 Å². The first-order valence-electron chi connectivity index (χ1n) is 26.6. The number of para-hydroxylation sites is 1. The summed E-state index contributed by atoms with van der Waals surface area (Å²) in [5.74, 6) is 1.93. The average molecular weight is 1200 g/mol. The molecule has 13 rings (SSSR count). The monoisotopic (exact) mass is 1200 g/mol. The molecule has 0 saturated heterocycles. The van der Waals surface area contributed by atoms with Crippen molar-refractivity contribution in [2.45, 2.75) is 52.4 Å². The molecule has 0 bridgehead atoms. The molecule has 6 nitrogen and oxygen atoms in total. The maximum atomic E-state index is 6.95. The van der Waals surface area contributed by atoms with Crippen molar-refractivity contribution < 1.29 is 34.8 Å². The van der Waals surface area contributed by atoms with Gasteiger partial charge in [0.1, 0.15) is 11.5 Å². The smallest absolute Gasteiger partial charge is 0.272 e. The van der Waals surface area contributed by atoms with Crippen LogP contribution in [0.5, 0.6) is 11.5 Å². The van der Waals surface area contributed by atoms with Gasteiger partial charge in [0.15, 0.2) is 0 Å². The molecule has 0 aliphatic heterocycles. The molecule has 0 amide bonds. The molecule has 0 aliphatic rings. The molecule has 0 spiro atoms. The predicted octanol–water partition coefficient (Wildman–Crippen LogP) is 18.1. The SMILES string of the molecule is CC(C)(C)c1ccnc(-n2c3[c-]c(Oc4[c-]c(-c5coc6c(-c7c(-c8ccccc8)cccc7-c7ccccc7)[n+](-c7c(-c8ccccc8)cccc7-c7ccccc7)[c-]n56)ccc4)ccc3c3cc(C(C)(C)C)ccc32)c1.[Pt]. The molecule has 0 saturated carbocycles. The molecular weight excluding hydrogens is 1150 g/mol. The van der Waals surface area contributed by atoms with E-state index in [-0.39, 0.29) is 31.9 Å². The number of pyridine rings is 1. The molecule has 4 aromatic heterocycles. The van der Waals surface area contributed by atoms with Gasteiger partial charge in [-0.15, -0.1) is 35.7 Å². The quantitative estimate of drug-likeness (QED) is 0.101. The third kappa shape index (κ3) is 9.40. The van der Waals surface area contributed by atoms with Gasteiger partial charge in [-0.1, -0.05) is 229 Å². The summed E-state index contributed by atoms with van der Waals surface area (Å²) in [5.41, 5.74) is 17.8. The fraction of sp³-hybridized carbons (Fsp3) is 0.111. The fourth-order valence-electron chi connectivity index (χ4n) is 10.9. The van der Waals surface area contributed by atoms with Crippen LogP contribution in [0.1, 0.15) is 52.7 Å². The van der Waals surface area contributed by atoms with E-state index >= 15 is 0 Å². The number of aromatic nitrogens is 4. The zero-order valence-corrected chi connectivity index (χ0v) is 47.1. The summed E-state index contributed by atoms with van der Waals surface area (Å²) >= 11 is 0. The Balaban J connectivity index is 0.00000623. The second kappa shape index (κ2) is 20.5. The zero-order chi connectivity index (χ0) is 53.1. The standard InChI is InChI=1S/C72H56N4O2.Pt/c1-71(2,3)53-36-39-63-62(43-53)61-38-37-56(45-64(61)76(63)66-44-54(40-41-73-66)72(4,5)6)78-55-31-19-30-52(42-55)65-46-77-70-69(67-57(48-22-11-7-12-23-48)32-20-33-58(67)49-24-13-8-14-25-49)75(47-74(65)70)68-59(50-26-15-9-16-27-50)34-21-35-60(68)51-28-17-10-18-29-51;/h7-41,43-44,46H,1-6H3;/q-2;. The Hall–Kier alpha value is -8.83. The van der Waals surface area contributed by atoms with Crippen LogP contribution in [-0.2, 0) is 31.9 Å². The van der Waals surface area contributed by atoms with Crippen LogP contribution in [-0.4, -0.2) is 14.0 Å². The van der Waals surface area contributed by atoms with Gasteiger partial charge < -0.3 is 13.7 Å². The van der Waals surface area contributed by atoms with Crippen LogP contribution in [0.25, 0.3) is 106 Å². The maximum Gasteiger partial charge on any atom is 0.272 e. The van der Waals surface area contributed by atoms with Crippen molar-refractivity contribution in [2.75, 3.05) is 0 Å². The summed E-state index contributed by atoms with van der Waals surface area (Å²) in [6.45, 7) is 13.5. The minimum atomic E-state index is -0.0645. The molecule has 0 unspecified atom stereocenters. The van der Waals surface area contributed by atoms with Crippen molar-refractivity contribution in [1.82, 2.24) is 14.0 Å². The second-order valence-electron chi connectivity index (χ2n) is 22.0. The summed E-state index contributed by atoms with van der Waals surface area (Å²) in [5, 5.41) is 2.22. The van der Waals surface area contributed by atoms with Gasteiger partial charge in [-0.25, -0.2) is 4.98 Å². The average Bonchev–Trinajstić information content (AvgIpc) is 4.37. The molecule has 388 valence electrons. The number of imidazole rings is 1. The van der Waals surface area contributed by atoms with Crippen LogP contribution in [0, 0.1) is 18.5 Å². The van der Waals surface area contributed by atoms with Crippen molar-refractivity contribution in [2.24, 2.45) is 0 Å². The topological polar surface area (TPSA) is 48.5 Å². The number of fused-ring (bicyclic) bond motifs is 4. The minimum absolute atomic E-state index is 0. The van der Waals surface area contributed by atoms with E-state index in [0.717, 1.165) is 100 Å². The van der Waals surface area contributed by atoms with E-state index in [0.29, 0.717) is 17.2 Å². The van der Waals surface area contributed by atoms with Crippen molar-refractivity contribution in [3.05, 3.63) is 260 Å². The number of ether oxygens (including phenoxy) is 1. The van der Waals surface area contributed by atoms with Crippen LogP contribution in [0.3, 0.4) is 0 Å². The number of benzene rings is 9. The van der Waals surface area contributed by atoms with Crippen molar-refractivity contribution in [3.8, 4) is 90.0 Å². The van der Waals surface area contributed by atoms with E-state index in [9.17, 15) is 0 Å². The molecule has 9 aromatic carbocycles. The van der Waals surface area contributed by atoms with Crippen molar-refractivity contribution in [3.63, 3.8) is 0 Å². The summed E-state index contributed by atoms with van der Waals surface area (Å²) < 4.78 is 20.2. The first kappa shape index (κ1) is 51.0. The van der Waals surface area contributed by atoms with Crippen LogP contribution in [0.4, 0.5) is 0 Å². The summed E-state index contributed by atoms with van der Waals surface area (Å²) in [6.07, 6.45) is 7.64. The first-order chi connectivity index (χ1) is 38.0. The van der Waals surface area contributed by atoms with E-state index in [1.807, 2.05) is 41.1 Å². The number of hydrogen-bond donors (Lipinski definition) is 0. The van der Waals surface area contributed by atoms with Crippen LogP contribution in [0.2, 0.25) is 0 Å². The van der Waals surface area contributed by atoms with Crippen molar-refractivity contribution in [1.29, 1.82) is 0 Å². The maximum absolute atomic E-state index is 6.95. The number of rotatable bonds is 10. The molecule has 4 heterocycles.